The van der Waals surface area contributed by atoms with Gasteiger partial charge in [-0.2, -0.15) is 0 Å². The largest absolute Gasteiger partial charge is 0.452 e. The van der Waals surface area contributed by atoms with Gasteiger partial charge in [-0.1, -0.05) is 30.3 Å². The summed E-state index contributed by atoms with van der Waals surface area (Å²) in [5.74, 6) is 2.23. The highest BCUT2D eigenvalue weighted by Gasteiger charge is 2.17. The van der Waals surface area contributed by atoms with E-state index in [9.17, 15) is 0 Å². The van der Waals surface area contributed by atoms with Crippen LogP contribution in [0.2, 0.25) is 0 Å². The number of hydrogen-bond acceptors (Lipinski definition) is 5. The molecule has 160 valence electrons. The van der Waals surface area contributed by atoms with Gasteiger partial charge in [0.2, 0.25) is 0 Å². The number of aromatic nitrogens is 2. The van der Waals surface area contributed by atoms with Crippen molar-refractivity contribution >= 4 is 52.5 Å². The molecule has 1 N–H and O–H groups in total. The number of hydrogen-bond donors (Lipinski definition) is 1. The lowest BCUT2D eigenvalue weighted by molar-refractivity contribution is 0.405. The maximum atomic E-state index is 6.13. The van der Waals surface area contributed by atoms with Crippen molar-refractivity contribution in [1.29, 1.82) is 0 Å². The molecule has 0 atom stereocenters. The Morgan fingerprint density at radius 2 is 1.67 bits per heavy atom. The highest BCUT2D eigenvalue weighted by Crippen LogP contribution is 2.33. The molecule has 2 aromatic heterocycles. The summed E-state index contributed by atoms with van der Waals surface area (Å²) >= 11 is 0. The van der Waals surface area contributed by atoms with E-state index >= 15 is 0 Å². The van der Waals surface area contributed by atoms with E-state index in [-0.39, 0.29) is 24.8 Å². The van der Waals surface area contributed by atoms with Crippen molar-refractivity contribution in [3.63, 3.8) is 0 Å². The summed E-state index contributed by atoms with van der Waals surface area (Å²) < 4.78 is 6.13. The smallest absolute Gasteiger partial charge is 0.198 e. The standard InChI is InChI=1S/C23H26N4O.2ClH/c1-15-9-7-11-18-20(15)25-23(26-22(18)24-13-8-14-27(3)4)21-16(2)17-10-5-6-12-19(17)28-21;;/h5-7,9-12H,8,13-14H2,1-4H3,(H,24,25,26);2*1H. The fourth-order valence-corrected chi connectivity index (χ4v) is 3.52. The van der Waals surface area contributed by atoms with Gasteiger partial charge in [0.25, 0.3) is 0 Å². The SMILES string of the molecule is Cc1c(-c2nc(NCCCN(C)C)c3cccc(C)c3n2)oc2ccccc12.Cl.Cl. The van der Waals surface area contributed by atoms with Gasteiger partial charge in [0.15, 0.2) is 11.6 Å². The van der Waals surface area contributed by atoms with Crippen molar-refractivity contribution in [3.8, 4) is 11.6 Å². The number of furan rings is 1. The summed E-state index contributed by atoms with van der Waals surface area (Å²) in [6.07, 6.45) is 1.04. The van der Waals surface area contributed by atoms with E-state index in [1.54, 1.807) is 0 Å². The molecule has 4 rings (SSSR count). The van der Waals surface area contributed by atoms with E-state index in [0.29, 0.717) is 5.82 Å². The Labute approximate surface area is 189 Å². The first-order valence-electron chi connectivity index (χ1n) is 9.69. The second kappa shape index (κ2) is 10.1. The highest BCUT2D eigenvalue weighted by molar-refractivity contribution is 5.93. The van der Waals surface area contributed by atoms with E-state index in [1.165, 1.54) is 0 Å². The molecule has 0 radical (unpaired) electrons. The molecule has 0 aliphatic rings. The molecule has 0 bridgehead atoms. The predicted octanol–water partition coefficient (Wildman–Crippen LogP) is 5.87. The summed E-state index contributed by atoms with van der Waals surface area (Å²) in [7, 11) is 4.18. The second-order valence-electron chi connectivity index (χ2n) is 7.50. The molecule has 5 nitrogen and oxygen atoms in total. The van der Waals surface area contributed by atoms with Gasteiger partial charge in [-0.3, -0.25) is 0 Å². The van der Waals surface area contributed by atoms with E-state index in [1.807, 2.05) is 18.2 Å². The molecule has 30 heavy (non-hydrogen) atoms. The molecule has 2 heterocycles. The van der Waals surface area contributed by atoms with Crippen molar-refractivity contribution in [2.75, 3.05) is 32.5 Å². The number of para-hydroxylation sites is 2. The number of rotatable bonds is 6. The van der Waals surface area contributed by atoms with E-state index < -0.39 is 0 Å². The topological polar surface area (TPSA) is 54.2 Å². The molecule has 0 amide bonds. The highest BCUT2D eigenvalue weighted by atomic mass is 35.5. The molecular weight excluding hydrogens is 419 g/mol. The van der Waals surface area contributed by atoms with Crippen LogP contribution in [0.25, 0.3) is 33.5 Å². The van der Waals surface area contributed by atoms with Crippen LogP contribution < -0.4 is 5.32 Å². The fraction of sp³-hybridized carbons (Fsp3) is 0.304. The lowest BCUT2D eigenvalue weighted by Crippen LogP contribution is -2.17. The van der Waals surface area contributed by atoms with E-state index in [4.69, 9.17) is 14.4 Å². The maximum absolute atomic E-state index is 6.13. The molecule has 0 unspecified atom stereocenters. The van der Waals surface area contributed by atoms with Crippen LogP contribution >= 0.6 is 24.8 Å². The Balaban J connectivity index is 0.00000160. The van der Waals surface area contributed by atoms with Gasteiger partial charge in [-0.15, -0.1) is 24.8 Å². The normalized spacial score (nSPS) is 10.8. The summed E-state index contributed by atoms with van der Waals surface area (Å²) in [4.78, 5) is 11.9. The van der Waals surface area contributed by atoms with Crippen LogP contribution in [0.5, 0.6) is 0 Å². The molecule has 0 fully saturated rings. The molecule has 0 saturated carbocycles. The van der Waals surface area contributed by atoms with Crippen molar-refractivity contribution in [2.24, 2.45) is 0 Å². The monoisotopic (exact) mass is 446 g/mol. The zero-order valence-electron chi connectivity index (χ0n) is 17.7. The quantitative estimate of drug-likeness (QED) is 0.375. The minimum Gasteiger partial charge on any atom is -0.452 e. The number of halogens is 2. The molecule has 0 aliphatic heterocycles. The Morgan fingerprint density at radius 3 is 2.40 bits per heavy atom. The first kappa shape index (κ1) is 23.9. The van der Waals surface area contributed by atoms with Gasteiger partial charge in [0, 0.05) is 22.9 Å². The van der Waals surface area contributed by atoms with Gasteiger partial charge in [0.1, 0.15) is 11.4 Å². The average molecular weight is 447 g/mol. The molecular formula is C23H28Cl2N4O. The molecule has 2 aromatic carbocycles. The number of nitrogens with zero attached hydrogens (tertiary/aromatic N) is 3. The summed E-state index contributed by atoms with van der Waals surface area (Å²) in [6, 6.07) is 14.3. The molecule has 4 aromatic rings. The second-order valence-corrected chi connectivity index (χ2v) is 7.50. The molecule has 7 heteroatoms. The molecule has 0 spiro atoms. The number of benzene rings is 2. The van der Waals surface area contributed by atoms with Gasteiger partial charge >= 0.3 is 0 Å². The molecule has 0 saturated heterocycles. The minimum absolute atomic E-state index is 0. The van der Waals surface area contributed by atoms with Gasteiger partial charge in [-0.25, -0.2) is 9.97 Å². The lowest BCUT2D eigenvalue weighted by atomic mass is 10.1. The Morgan fingerprint density at radius 1 is 0.933 bits per heavy atom. The number of anilines is 1. The lowest BCUT2D eigenvalue weighted by Gasteiger charge is -2.13. The van der Waals surface area contributed by atoms with Crippen LogP contribution in [0, 0.1) is 13.8 Å². The third kappa shape index (κ3) is 4.69. The van der Waals surface area contributed by atoms with Crippen LogP contribution in [0.3, 0.4) is 0 Å². The zero-order chi connectivity index (χ0) is 19.7. The van der Waals surface area contributed by atoms with Gasteiger partial charge in [-0.05, 0) is 58.6 Å². The van der Waals surface area contributed by atoms with Crippen molar-refractivity contribution in [3.05, 3.63) is 53.6 Å². The van der Waals surface area contributed by atoms with Crippen LogP contribution in [-0.4, -0.2) is 42.1 Å². The number of aryl methyl sites for hydroxylation is 2. The van der Waals surface area contributed by atoms with Crippen LogP contribution in [0.15, 0.2) is 46.9 Å². The van der Waals surface area contributed by atoms with Crippen molar-refractivity contribution < 1.29 is 4.42 Å². The van der Waals surface area contributed by atoms with E-state index in [0.717, 1.165) is 64.1 Å². The summed E-state index contributed by atoms with van der Waals surface area (Å²) in [5.41, 5.74) is 4.03. The van der Waals surface area contributed by atoms with Crippen LogP contribution in [-0.2, 0) is 0 Å². The summed E-state index contributed by atoms with van der Waals surface area (Å²) in [5, 5.41) is 5.66. The van der Waals surface area contributed by atoms with Crippen molar-refractivity contribution in [1.82, 2.24) is 14.9 Å². The fourth-order valence-electron chi connectivity index (χ4n) is 3.52. The Hall–Kier alpha value is -2.34. The molecule has 0 aliphatic carbocycles. The van der Waals surface area contributed by atoms with Crippen LogP contribution in [0.4, 0.5) is 5.82 Å². The number of nitrogens with one attached hydrogen (secondary N) is 1. The predicted molar refractivity (Wildman–Crippen MR) is 130 cm³/mol. The Bertz CT molecular complexity index is 1140. The van der Waals surface area contributed by atoms with Gasteiger partial charge in [0.05, 0.1) is 5.52 Å². The third-order valence-corrected chi connectivity index (χ3v) is 5.05. The Kier molecular flexibility index (Phi) is 8.07. The first-order valence-corrected chi connectivity index (χ1v) is 9.69. The van der Waals surface area contributed by atoms with Crippen molar-refractivity contribution in [2.45, 2.75) is 20.3 Å². The summed E-state index contributed by atoms with van der Waals surface area (Å²) in [6.45, 7) is 6.04. The third-order valence-electron chi connectivity index (χ3n) is 5.05. The average Bonchev–Trinajstić information content (AvgIpc) is 3.02. The zero-order valence-corrected chi connectivity index (χ0v) is 19.4. The van der Waals surface area contributed by atoms with Crippen LogP contribution in [0.1, 0.15) is 17.5 Å². The van der Waals surface area contributed by atoms with E-state index in [2.05, 4.69) is 62.4 Å². The first-order chi connectivity index (χ1) is 13.5. The maximum Gasteiger partial charge on any atom is 0.198 e. The minimum atomic E-state index is 0. The number of fused-ring (bicyclic) bond motifs is 2. The van der Waals surface area contributed by atoms with Gasteiger partial charge < -0.3 is 14.6 Å².